The van der Waals surface area contributed by atoms with E-state index in [-0.39, 0.29) is 23.0 Å². The number of nitrogens with one attached hydrogen (secondary N) is 1. The van der Waals surface area contributed by atoms with Crippen LogP contribution in [0.2, 0.25) is 0 Å². The molecule has 152 valence electrons. The van der Waals surface area contributed by atoms with Crippen molar-refractivity contribution in [2.75, 3.05) is 5.32 Å². The Morgan fingerprint density at radius 3 is 2.83 bits per heavy atom. The summed E-state index contributed by atoms with van der Waals surface area (Å²) < 4.78 is 49.1. The van der Waals surface area contributed by atoms with Crippen LogP contribution in [0, 0.1) is 0 Å². The zero-order valence-corrected chi connectivity index (χ0v) is 15.2. The van der Waals surface area contributed by atoms with Crippen LogP contribution in [-0.2, 0) is 20.4 Å². The molecule has 2 aromatic rings. The molecule has 0 unspecified atom stereocenters. The van der Waals surface area contributed by atoms with Crippen LogP contribution in [0.3, 0.4) is 0 Å². The van der Waals surface area contributed by atoms with Crippen LogP contribution in [0.5, 0.6) is 0 Å². The zero-order chi connectivity index (χ0) is 21.3. The first-order chi connectivity index (χ1) is 14.3. The first-order valence-corrected chi connectivity index (χ1v) is 8.77. The van der Waals surface area contributed by atoms with E-state index in [0.29, 0.717) is 17.6 Å². The van der Waals surface area contributed by atoms with Crippen molar-refractivity contribution >= 4 is 23.4 Å². The largest absolute Gasteiger partial charge is 0.416 e. The Morgan fingerprint density at radius 2 is 2.03 bits per heavy atom. The number of cyclic esters (lactones) is 1. The number of rotatable bonds is 4. The van der Waals surface area contributed by atoms with Crippen LogP contribution in [0.1, 0.15) is 22.3 Å². The summed E-state index contributed by atoms with van der Waals surface area (Å²) in [4.78, 5) is 28.6. The van der Waals surface area contributed by atoms with E-state index >= 15 is 0 Å². The minimum Gasteiger partial charge on any atom is -0.389 e. The fraction of sp³-hybridized carbons (Fsp3) is 0.0952. The summed E-state index contributed by atoms with van der Waals surface area (Å²) in [5.41, 5.74) is -0.0274. The maximum Gasteiger partial charge on any atom is 0.416 e. The van der Waals surface area contributed by atoms with Crippen LogP contribution in [0.25, 0.3) is 0 Å². The van der Waals surface area contributed by atoms with E-state index in [1.807, 2.05) is 0 Å². The molecule has 2 aliphatic rings. The van der Waals surface area contributed by atoms with E-state index in [2.05, 4.69) is 10.3 Å². The monoisotopic (exact) mass is 414 g/mol. The van der Waals surface area contributed by atoms with Gasteiger partial charge >= 0.3 is 18.1 Å². The van der Waals surface area contributed by atoms with E-state index in [1.54, 1.807) is 18.2 Å². The average molecular weight is 414 g/mol. The second-order valence-corrected chi connectivity index (χ2v) is 6.36. The lowest BCUT2D eigenvalue weighted by molar-refractivity contribution is -0.138. The van der Waals surface area contributed by atoms with Gasteiger partial charge in [0.1, 0.15) is 11.4 Å². The third-order valence-electron chi connectivity index (χ3n) is 4.36. The standard InChI is InChI=1S/C21H13F3N2O4/c22-21(23,24)12-5-3-6-13(11-12)26-17-16(9-4-10-25-17)19(28)30-20-15-8-2-1-7-14(15)18(27)29-20/h1-7,9-11H,8H2,(H,25,26). The molecule has 0 bridgehead atoms. The topological polar surface area (TPSA) is 77.5 Å². The van der Waals surface area contributed by atoms with Crippen LogP contribution >= 0.6 is 0 Å². The molecule has 0 saturated heterocycles. The molecule has 0 spiro atoms. The number of benzene rings is 1. The quantitative estimate of drug-likeness (QED) is 0.734. The Hall–Kier alpha value is -3.88. The minimum absolute atomic E-state index is 0.00365. The Kier molecular flexibility index (Phi) is 4.86. The summed E-state index contributed by atoms with van der Waals surface area (Å²) in [6.45, 7) is 0. The van der Waals surface area contributed by atoms with Gasteiger partial charge in [0, 0.05) is 11.9 Å². The van der Waals surface area contributed by atoms with Gasteiger partial charge in [-0.3, -0.25) is 0 Å². The molecule has 1 aromatic carbocycles. The summed E-state index contributed by atoms with van der Waals surface area (Å²) in [6.07, 6.45) is 2.26. The second-order valence-electron chi connectivity index (χ2n) is 6.36. The molecule has 0 fully saturated rings. The number of carbonyl (C=O) groups is 2. The number of halogens is 3. The number of aromatic nitrogens is 1. The van der Waals surface area contributed by atoms with Crippen molar-refractivity contribution < 1.29 is 32.2 Å². The number of fused-ring (bicyclic) bond motifs is 1. The summed E-state index contributed by atoms with van der Waals surface area (Å²) >= 11 is 0. The first-order valence-electron chi connectivity index (χ1n) is 8.77. The van der Waals surface area contributed by atoms with E-state index < -0.39 is 23.7 Å². The predicted molar refractivity (Wildman–Crippen MR) is 99.3 cm³/mol. The summed E-state index contributed by atoms with van der Waals surface area (Å²) in [5.74, 6) is -1.71. The van der Waals surface area contributed by atoms with Gasteiger partial charge in [0.15, 0.2) is 0 Å². The van der Waals surface area contributed by atoms with E-state index in [0.717, 1.165) is 12.1 Å². The van der Waals surface area contributed by atoms with Crippen molar-refractivity contribution in [2.45, 2.75) is 12.6 Å². The maximum atomic E-state index is 12.9. The fourth-order valence-corrected chi connectivity index (χ4v) is 2.95. The van der Waals surface area contributed by atoms with Crippen LogP contribution < -0.4 is 5.32 Å². The normalized spacial score (nSPS) is 15.4. The highest BCUT2D eigenvalue weighted by molar-refractivity contribution is 6.00. The molecule has 1 aromatic heterocycles. The Bertz CT molecular complexity index is 1130. The van der Waals surface area contributed by atoms with Gasteiger partial charge in [-0.1, -0.05) is 18.2 Å². The molecular formula is C21H13F3N2O4. The average Bonchev–Trinajstić information content (AvgIpc) is 3.04. The molecule has 0 radical (unpaired) electrons. The van der Waals surface area contributed by atoms with Crippen molar-refractivity contribution in [3.8, 4) is 0 Å². The molecule has 0 atom stereocenters. The number of esters is 2. The van der Waals surface area contributed by atoms with E-state index in [1.165, 1.54) is 30.5 Å². The first kappa shape index (κ1) is 19.4. The number of carbonyl (C=O) groups excluding carboxylic acids is 2. The van der Waals surface area contributed by atoms with Gasteiger partial charge in [-0.05, 0) is 42.8 Å². The lowest BCUT2D eigenvalue weighted by atomic mass is 10.0. The smallest absolute Gasteiger partial charge is 0.389 e. The van der Waals surface area contributed by atoms with Gasteiger partial charge < -0.3 is 14.8 Å². The number of ether oxygens (including phenoxy) is 2. The maximum absolute atomic E-state index is 12.9. The van der Waals surface area contributed by atoms with Crippen LogP contribution in [0.4, 0.5) is 24.7 Å². The Labute approximate surface area is 168 Å². The predicted octanol–water partition coefficient (Wildman–Crippen LogP) is 4.66. The van der Waals surface area contributed by atoms with Gasteiger partial charge in [0.25, 0.3) is 5.95 Å². The van der Waals surface area contributed by atoms with Crippen LogP contribution in [-0.4, -0.2) is 16.9 Å². The molecule has 0 amide bonds. The molecule has 1 N–H and O–H groups in total. The molecule has 30 heavy (non-hydrogen) atoms. The number of pyridine rings is 1. The Balaban J connectivity index is 1.58. The molecule has 6 nitrogen and oxygen atoms in total. The lowest BCUT2D eigenvalue weighted by Gasteiger charge is -2.13. The van der Waals surface area contributed by atoms with E-state index in [9.17, 15) is 22.8 Å². The molecule has 2 heterocycles. The molecule has 1 aliphatic heterocycles. The number of alkyl halides is 3. The highest BCUT2D eigenvalue weighted by Gasteiger charge is 2.34. The molecular weight excluding hydrogens is 401 g/mol. The third kappa shape index (κ3) is 3.82. The summed E-state index contributed by atoms with van der Waals surface area (Å²) in [7, 11) is 0. The van der Waals surface area contributed by atoms with E-state index in [4.69, 9.17) is 9.47 Å². The van der Waals surface area contributed by atoms with Gasteiger partial charge in [0.2, 0.25) is 0 Å². The second kappa shape index (κ2) is 7.51. The van der Waals surface area contributed by atoms with Crippen molar-refractivity contribution in [3.05, 3.63) is 89.0 Å². The molecule has 0 saturated carbocycles. The molecule has 1 aliphatic carbocycles. The number of anilines is 2. The summed E-state index contributed by atoms with van der Waals surface area (Å²) in [6, 6.07) is 7.35. The van der Waals surface area contributed by atoms with Crippen molar-refractivity contribution in [1.29, 1.82) is 0 Å². The highest BCUT2D eigenvalue weighted by Crippen LogP contribution is 2.34. The SMILES string of the molecule is O=C1OC(OC(=O)c2cccnc2Nc2cccc(C(F)(F)F)c2)=C2CC=CC=C12. The van der Waals surface area contributed by atoms with Crippen molar-refractivity contribution in [1.82, 2.24) is 4.98 Å². The highest BCUT2D eigenvalue weighted by atomic mass is 19.4. The third-order valence-corrected chi connectivity index (χ3v) is 4.36. The van der Waals surface area contributed by atoms with Crippen LogP contribution in [0.15, 0.2) is 77.9 Å². The van der Waals surface area contributed by atoms with Gasteiger partial charge in [-0.15, -0.1) is 0 Å². The zero-order valence-electron chi connectivity index (χ0n) is 15.2. The lowest BCUT2D eigenvalue weighted by Crippen LogP contribution is -2.11. The Morgan fingerprint density at radius 1 is 1.20 bits per heavy atom. The number of allylic oxidation sites excluding steroid dienone is 3. The number of hydrogen-bond acceptors (Lipinski definition) is 6. The van der Waals surface area contributed by atoms with Gasteiger partial charge in [-0.25, -0.2) is 14.6 Å². The van der Waals surface area contributed by atoms with Gasteiger partial charge in [0.05, 0.1) is 16.7 Å². The van der Waals surface area contributed by atoms with Crippen molar-refractivity contribution in [2.24, 2.45) is 0 Å². The minimum atomic E-state index is -4.51. The molecule has 4 rings (SSSR count). The number of hydrogen-bond donors (Lipinski definition) is 1. The fourth-order valence-electron chi connectivity index (χ4n) is 2.95. The summed E-state index contributed by atoms with van der Waals surface area (Å²) in [5, 5.41) is 2.70. The van der Waals surface area contributed by atoms with Gasteiger partial charge in [-0.2, -0.15) is 13.2 Å². The molecule has 9 heteroatoms. The number of nitrogens with zero attached hydrogens (tertiary/aromatic N) is 1. The van der Waals surface area contributed by atoms with Crippen molar-refractivity contribution in [3.63, 3.8) is 0 Å².